The molecule has 1 aliphatic rings. The summed E-state index contributed by atoms with van der Waals surface area (Å²) in [5.41, 5.74) is 1.78. The highest BCUT2D eigenvalue weighted by Crippen LogP contribution is 2.19. The molecule has 3 rings (SSSR count). The van der Waals surface area contributed by atoms with Crippen LogP contribution in [-0.4, -0.2) is 34.7 Å². The van der Waals surface area contributed by atoms with Gasteiger partial charge < -0.3 is 4.74 Å². The van der Waals surface area contributed by atoms with Crippen molar-refractivity contribution in [2.45, 2.75) is 6.42 Å². The van der Waals surface area contributed by atoms with E-state index < -0.39 is 4.92 Å². The number of hydrazone groups is 1. The van der Waals surface area contributed by atoms with Crippen LogP contribution in [0.2, 0.25) is 0 Å². The van der Waals surface area contributed by atoms with E-state index in [2.05, 4.69) is 5.10 Å². The van der Waals surface area contributed by atoms with Gasteiger partial charge in [0.2, 0.25) is 0 Å². The molecule has 7 heteroatoms. The molecule has 0 aromatic heterocycles. The standard InChI is InChI=1S/C17H15N3O4/c21-17(12-24-15-8-4-7-14(11-15)20(22)23)19-10-9-16(18-19)13-5-2-1-3-6-13/h1-8,11H,9-10,12H2. The van der Waals surface area contributed by atoms with Crippen LogP contribution >= 0.6 is 0 Å². The molecule has 1 heterocycles. The van der Waals surface area contributed by atoms with Gasteiger partial charge in [0.25, 0.3) is 11.6 Å². The number of rotatable bonds is 5. The van der Waals surface area contributed by atoms with Gasteiger partial charge in [-0.15, -0.1) is 0 Å². The molecule has 2 aromatic carbocycles. The van der Waals surface area contributed by atoms with Gasteiger partial charge in [-0.1, -0.05) is 36.4 Å². The summed E-state index contributed by atoms with van der Waals surface area (Å²) in [6.07, 6.45) is 0.687. The summed E-state index contributed by atoms with van der Waals surface area (Å²) in [4.78, 5) is 22.4. The smallest absolute Gasteiger partial charge is 0.280 e. The lowest BCUT2D eigenvalue weighted by atomic mass is 10.1. The van der Waals surface area contributed by atoms with E-state index in [4.69, 9.17) is 4.74 Å². The molecule has 0 fully saturated rings. The van der Waals surface area contributed by atoms with Crippen molar-refractivity contribution in [3.8, 4) is 5.75 Å². The first-order valence-electron chi connectivity index (χ1n) is 7.44. The van der Waals surface area contributed by atoms with Gasteiger partial charge in [-0.3, -0.25) is 14.9 Å². The second kappa shape index (κ2) is 6.91. The maximum atomic E-state index is 12.2. The Bertz CT molecular complexity index is 789. The monoisotopic (exact) mass is 325 g/mol. The molecule has 0 N–H and O–H groups in total. The molecule has 0 saturated heterocycles. The van der Waals surface area contributed by atoms with Crippen LogP contribution in [0.15, 0.2) is 59.7 Å². The summed E-state index contributed by atoms with van der Waals surface area (Å²) in [7, 11) is 0. The summed E-state index contributed by atoms with van der Waals surface area (Å²) < 4.78 is 5.35. The minimum absolute atomic E-state index is 0.0782. The average Bonchev–Trinajstić information content (AvgIpc) is 3.11. The molecule has 7 nitrogen and oxygen atoms in total. The largest absolute Gasteiger partial charge is 0.483 e. The van der Waals surface area contributed by atoms with Gasteiger partial charge >= 0.3 is 0 Å². The van der Waals surface area contributed by atoms with Gasteiger partial charge in [0.1, 0.15) is 5.75 Å². The first-order valence-corrected chi connectivity index (χ1v) is 7.44. The van der Waals surface area contributed by atoms with Gasteiger partial charge in [0.05, 0.1) is 23.2 Å². The molecule has 1 amide bonds. The third-order valence-corrected chi connectivity index (χ3v) is 3.59. The van der Waals surface area contributed by atoms with Crippen LogP contribution in [0, 0.1) is 10.1 Å². The number of ether oxygens (including phenoxy) is 1. The van der Waals surface area contributed by atoms with Crippen molar-refractivity contribution in [3.05, 3.63) is 70.3 Å². The molecule has 122 valence electrons. The Morgan fingerprint density at radius 2 is 2.00 bits per heavy atom. The zero-order valence-corrected chi connectivity index (χ0v) is 12.8. The van der Waals surface area contributed by atoms with E-state index in [1.807, 2.05) is 30.3 Å². The van der Waals surface area contributed by atoms with Crippen molar-refractivity contribution in [1.82, 2.24) is 5.01 Å². The molecule has 0 bridgehead atoms. The molecular formula is C17H15N3O4. The number of hydrogen-bond acceptors (Lipinski definition) is 5. The van der Waals surface area contributed by atoms with Crippen LogP contribution in [0.5, 0.6) is 5.75 Å². The zero-order chi connectivity index (χ0) is 16.9. The number of nitro groups is 1. The number of non-ortho nitro benzene ring substituents is 1. The lowest BCUT2D eigenvalue weighted by molar-refractivity contribution is -0.384. The third kappa shape index (κ3) is 3.57. The van der Waals surface area contributed by atoms with E-state index >= 15 is 0 Å². The fourth-order valence-electron chi connectivity index (χ4n) is 2.38. The average molecular weight is 325 g/mol. The Morgan fingerprint density at radius 3 is 2.75 bits per heavy atom. The van der Waals surface area contributed by atoms with E-state index in [-0.39, 0.29) is 24.0 Å². The predicted molar refractivity (Wildman–Crippen MR) is 87.9 cm³/mol. The maximum absolute atomic E-state index is 12.2. The van der Waals surface area contributed by atoms with Crippen LogP contribution < -0.4 is 4.74 Å². The second-order valence-electron chi connectivity index (χ2n) is 5.22. The zero-order valence-electron chi connectivity index (χ0n) is 12.8. The van der Waals surface area contributed by atoms with Gasteiger partial charge in [0.15, 0.2) is 6.61 Å². The number of nitro benzene ring substituents is 1. The van der Waals surface area contributed by atoms with E-state index in [9.17, 15) is 14.9 Å². The van der Waals surface area contributed by atoms with Crippen molar-refractivity contribution in [2.75, 3.05) is 13.2 Å². The number of hydrogen-bond donors (Lipinski definition) is 0. The molecule has 0 unspecified atom stereocenters. The predicted octanol–water partition coefficient (Wildman–Crippen LogP) is 2.61. The van der Waals surface area contributed by atoms with Crippen molar-refractivity contribution in [1.29, 1.82) is 0 Å². The van der Waals surface area contributed by atoms with E-state index in [0.717, 1.165) is 11.3 Å². The van der Waals surface area contributed by atoms with E-state index in [1.54, 1.807) is 6.07 Å². The minimum atomic E-state index is -0.508. The highest BCUT2D eigenvalue weighted by molar-refractivity contribution is 6.02. The van der Waals surface area contributed by atoms with E-state index in [1.165, 1.54) is 23.2 Å². The number of benzene rings is 2. The van der Waals surface area contributed by atoms with Crippen LogP contribution in [0.3, 0.4) is 0 Å². The molecule has 24 heavy (non-hydrogen) atoms. The van der Waals surface area contributed by atoms with Crippen LogP contribution in [0.1, 0.15) is 12.0 Å². The summed E-state index contributed by atoms with van der Waals surface area (Å²) in [5, 5.41) is 16.4. The summed E-state index contributed by atoms with van der Waals surface area (Å²) >= 11 is 0. The second-order valence-corrected chi connectivity index (χ2v) is 5.22. The Morgan fingerprint density at radius 1 is 1.21 bits per heavy atom. The number of carbonyl (C=O) groups excluding carboxylic acids is 1. The first kappa shape index (κ1) is 15.7. The summed E-state index contributed by atoms with van der Waals surface area (Å²) in [6.45, 7) is 0.286. The van der Waals surface area contributed by atoms with Crippen LogP contribution in [0.4, 0.5) is 5.69 Å². The number of carbonyl (C=O) groups is 1. The topological polar surface area (TPSA) is 85.0 Å². The Kier molecular flexibility index (Phi) is 4.51. The molecule has 0 spiro atoms. The fraction of sp³-hybridized carbons (Fsp3) is 0.176. The maximum Gasteiger partial charge on any atom is 0.280 e. The highest BCUT2D eigenvalue weighted by atomic mass is 16.6. The molecule has 1 aliphatic heterocycles. The lowest BCUT2D eigenvalue weighted by Gasteiger charge is -2.12. The Balaban J connectivity index is 1.61. The SMILES string of the molecule is O=C(COc1cccc([N+](=O)[O-])c1)N1CCC(c2ccccc2)=N1. The number of amides is 1. The molecule has 0 saturated carbocycles. The number of nitrogens with zero attached hydrogens (tertiary/aromatic N) is 3. The van der Waals surface area contributed by atoms with Gasteiger partial charge in [0, 0.05) is 12.5 Å². The molecular weight excluding hydrogens is 310 g/mol. The summed E-state index contributed by atoms with van der Waals surface area (Å²) in [6, 6.07) is 15.4. The van der Waals surface area contributed by atoms with Crippen molar-refractivity contribution >= 4 is 17.3 Å². The molecule has 0 aliphatic carbocycles. The Labute approximate surface area is 138 Å². The first-order chi connectivity index (χ1) is 11.6. The van der Waals surface area contributed by atoms with Crippen LogP contribution in [0.25, 0.3) is 0 Å². The fourth-order valence-corrected chi connectivity index (χ4v) is 2.38. The molecule has 0 radical (unpaired) electrons. The Hall–Kier alpha value is -3.22. The molecule has 0 atom stereocenters. The van der Waals surface area contributed by atoms with Crippen molar-refractivity contribution < 1.29 is 14.5 Å². The third-order valence-electron chi connectivity index (χ3n) is 3.59. The minimum Gasteiger partial charge on any atom is -0.483 e. The van der Waals surface area contributed by atoms with Crippen molar-refractivity contribution in [3.63, 3.8) is 0 Å². The lowest BCUT2D eigenvalue weighted by Crippen LogP contribution is -2.28. The van der Waals surface area contributed by atoms with Crippen LogP contribution in [-0.2, 0) is 4.79 Å². The van der Waals surface area contributed by atoms with Gasteiger partial charge in [-0.05, 0) is 11.6 Å². The van der Waals surface area contributed by atoms with E-state index in [0.29, 0.717) is 13.0 Å². The van der Waals surface area contributed by atoms with Crippen molar-refractivity contribution in [2.24, 2.45) is 5.10 Å². The summed E-state index contributed by atoms with van der Waals surface area (Å²) in [5.74, 6) is -0.00329. The normalized spacial score (nSPS) is 13.5. The quantitative estimate of drug-likeness (QED) is 0.625. The van der Waals surface area contributed by atoms with Gasteiger partial charge in [-0.25, -0.2) is 5.01 Å². The van der Waals surface area contributed by atoms with Gasteiger partial charge in [-0.2, -0.15) is 5.10 Å². The molecule has 2 aromatic rings. The highest BCUT2D eigenvalue weighted by Gasteiger charge is 2.22.